The van der Waals surface area contributed by atoms with E-state index in [2.05, 4.69) is 15.4 Å². The van der Waals surface area contributed by atoms with Gasteiger partial charge in [-0.2, -0.15) is 0 Å². The molecule has 0 unspecified atom stereocenters. The first kappa shape index (κ1) is 13.6. The van der Waals surface area contributed by atoms with Crippen LogP contribution in [0, 0.1) is 6.92 Å². The Balaban J connectivity index is 2.09. The summed E-state index contributed by atoms with van der Waals surface area (Å²) in [6.45, 7) is 1.84. The lowest BCUT2D eigenvalue weighted by Gasteiger charge is -2.12. The lowest BCUT2D eigenvalue weighted by Crippen LogP contribution is -2.11. The van der Waals surface area contributed by atoms with Crippen molar-refractivity contribution in [2.45, 2.75) is 6.92 Å². The van der Waals surface area contributed by atoms with Crippen molar-refractivity contribution in [2.24, 2.45) is 5.84 Å². The Morgan fingerprint density at radius 3 is 2.62 bits per heavy atom. The fourth-order valence-electron chi connectivity index (χ4n) is 2.11. The first-order chi connectivity index (χ1) is 10.2. The van der Waals surface area contributed by atoms with E-state index >= 15 is 0 Å². The molecule has 0 spiro atoms. The zero-order valence-corrected chi connectivity index (χ0v) is 12.1. The van der Waals surface area contributed by atoms with Crippen molar-refractivity contribution in [3.8, 4) is 11.6 Å². The molecule has 0 fully saturated rings. The first-order valence-electron chi connectivity index (χ1n) is 6.34. The minimum Gasteiger partial charge on any atom is -0.438 e. The SMILES string of the molecule is Cc1c(NN)ncnc1Oc1ccc(Cl)c2ccccc12. The molecule has 0 amide bonds. The number of hydrogen-bond donors (Lipinski definition) is 2. The fourth-order valence-corrected chi connectivity index (χ4v) is 2.34. The Morgan fingerprint density at radius 1 is 1.10 bits per heavy atom. The number of hydrogen-bond acceptors (Lipinski definition) is 5. The van der Waals surface area contributed by atoms with Crippen molar-refractivity contribution in [3.05, 3.63) is 53.3 Å². The minimum absolute atomic E-state index is 0.449. The van der Waals surface area contributed by atoms with Gasteiger partial charge in [-0.25, -0.2) is 15.8 Å². The molecule has 3 rings (SSSR count). The molecule has 0 saturated heterocycles. The molecule has 1 heterocycles. The quantitative estimate of drug-likeness (QED) is 0.570. The van der Waals surface area contributed by atoms with Gasteiger partial charge < -0.3 is 10.2 Å². The zero-order chi connectivity index (χ0) is 14.8. The molecular weight excluding hydrogens is 288 g/mol. The predicted octanol–water partition coefficient (Wildman–Crippen LogP) is 3.67. The molecule has 1 aromatic heterocycles. The van der Waals surface area contributed by atoms with Gasteiger partial charge in [-0.05, 0) is 19.1 Å². The molecule has 0 radical (unpaired) electrons. The van der Waals surface area contributed by atoms with Gasteiger partial charge in [0.25, 0.3) is 0 Å². The van der Waals surface area contributed by atoms with Crippen LogP contribution in [0.2, 0.25) is 5.02 Å². The summed E-state index contributed by atoms with van der Waals surface area (Å²) in [6, 6.07) is 11.4. The highest BCUT2D eigenvalue weighted by Crippen LogP contribution is 2.34. The summed E-state index contributed by atoms with van der Waals surface area (Å²) in [5.74, 6) is 7.07. The molecule has 3 N–H and O–H groups in total. The number of nitrogens with one attached hydrogen (secondary N) is 1. The second kappa shape index (κ2) is 5.55. The summed E-state index contributed by atoms with van der Waals surface area (Å²) < 4.78 is 5.91. The molecule has 6 heteroatoms. The molecule has 0 aliphatic heterocycles. The number of ether oxygens (including phenoxy) is 1. The number of hydrazine groups is 1. The van der Waals surface area contributed by atoms with E-state index in [0.717, 1.165) is 16.3 Å². The van der Waals surface area contributed by atoms with E-state index in [1.807, 2.05) is 37.3 Å². The largest absolute Gasteiger partial charge is 0.438 e. The highest BCUT2D eigenvalue weighted by Gasteiger charge is 2.11. The van der Waals surface area contributed by atoms with Crippen LogP contribution in [0.3, 0.4) is 0 Å². The van der Waals surface area contributed by atoms with Crippen molar-refractivity contribution >= 4 is 28.2 Å². The molecule has 106 valence electrons. The van der Waals surface area contributed by atoms with Crippen LogP contribution in [-0.4, -0.2) is 9.97 Å². The van der Waals surface area contributed by atoms with Gasteiger partial charge in [0, 0.05) is 15.8 Å². The van der Waals surface area contributed by atoms with E-state index in [1.54, 1.807) is 6.07 Å². The molecule has 2 aromatic carbocycles. The number of nitrogens with zero attached hydrogens (tertiary/aromatic N) is 2. The summed E-state index contributed by atoms with van der Waals surface area (Å²) in [4.78, 5) is 8.18. The maximum atomic E-state index is 6.20. The van der Waals surface area contributed by atoms with Gasteiger partial charge in [-0.15, -0.1) is 0 Å². The number of halogens is 1. The van der Waals surface area contributed by atoms with Crippen molar-refractivity contribution in [3.63, 3.8) is 0 Å². The second-order valence-corrected chi connectivity index (χ2v) is 4.90. The highest BCUT2D eigenvalue weighted by molar-refractivity contribution is 6.35. The molecule has 0 atom stereocenters. The highest BCUT2D eigenvalue weighted by atomic mass is 35.5. The summed E-state index contributed by atoms with van der Waals surface area (Å²) >= 11 is 6.20. The molecule has 0 aliphatic carbocycles. The van der Waals surface area contributed by atoms with Crippen LogP contribution >= 0.6 is 11.6 Å². The molecule has 0 aliphatic rings. The van der Waals surface area contributed by atoms with Crippen LogP contribution in [0.1, 0.15) is 5.56 Å². The van der Waals surface area contributed by atoms with E-state index < -0.39 is 0 Å². The van der Waals surface area contributed by atoms with Crippen LogP contribution in [0.25, 0.3) is 10.8 Å². The number of aromatic nitrogens is 2. The van der Waals surface area contributed by atoms with Gasteiger partial charge in [0.1, 0.15) is 17.9 Å². The Hall–Kier alpha value is -2.37. The van der Waals surface area contributed by atoms with E-state index in [1.165, 1.54) is 6.33 Å². The molecular formula is C15H13ClN4O. The normalized spacial score (nSPS) is 10.6. The van der Waals surface area contributed by atoms with Crippen molar-refractivity contribution in [1.82, 2.24) is 9.97 Å². The van der Waals surface area contributed by atoms with E-state index in [4.69, 9.17) is 22.2 Å². The standard InChI is InChI=1S/C15H13ClN4O/c1-9-14(20-17)18-8-19-15(9)21-13-7-6-12(16)10-4-2-3-5-11(10)13/h2-8H,17H2,1H3,(H,18,19,20). The molecule has 0 saturated carbocycles. The van der Waals surface area contributed by atoms with Gasteiger partial charge in [0.05, 0.1) is 5.56 Å². The van der Waals surface area contributed by atoms with E-state index in [9.17, 15) is 0 Å². The van der Waals surface area contributed by atoms with Gasteiger partial charge in [-0.1, -0.05) is 35.9 Å². The van der Waals surface area contributed by atoms with Crippen LogP contribution in [0.5, 0.6) is 11.6 Å². The zero-order valence-electron chi connectivity index (χ0n) is 11.3. The summed E-state index contributed by atoms with van der Waals surface area (Å²) in [5.41, 5.74) is 3.25. The topological polar surface area (TPSA) is 73.1 Å². The third-order valence-corrected chi connectivity index (χ3v) is 3.54. The van der Waals surface area contributed by atoms with Crippen molar-refractivity contribution in [1.29, 1.82) is 0 Å². The first-order valence-corrected chi connectivity index (χ1v) is 6.72. The van der Waals surface area contributed by atoms with E-state index in [0.29, 0.717) is 22.5 Å². The summed E-state index contributed by atoms with van der Waals surface area (Å²) in [6.07, 6.45) is 1.40. The Kier molecular flexibility index (Phi) is 3.60. The molecule has 3 aromatic rings. The minimum atomic E-state index is 0.449. The number of benzene rings is 2. The number of nitrogens with two attached hydrogens (primary N) is 1. The summed E-state index contributed by atoms with van der Waals surface area (Å²) in [7, 11) is 0. The second-order valence-electron chi connectivity index (χ2n) is 4.49. The maximum Gasteiger partial charge on any atom is 0.227 e. The van der Waals surface area contributed by atoms with Gasteiger partial charge in [0.2, 0.25) is 5.88 Å². The van der Waals surface area contributed by atoms with Gasteiger partial charge >= 0.3 is 0 Å². The average molecular weight is 301 g/mol. The van der Waals surface area contributed by atoms with Gasteiger partial charge in [0.15, 0.2) is 0 Å². The average Bonchev–Trinajstić information content (AvgIpc) is 2.52. The lowest BCUT2D eigenvalue weighted by atomic mass is 10.1. The van der Waals surface area contributed by atoms with Crippen LogP contribution in [-0.2, 0) is 0 Å². The molecule has 5 nitrogen and oxygen atoms in total. The number of fused-ring (bicyclic) bond motifs is 1. The molecule has 21 heavy (non-hydrogen) atoms. The lowest BCUT2D eigenvalue weighted by molar-refractivity contribution is 0.463. The number of nitrogen functional groups attached to an aromatic ring is 1. The van der Waals surface area contributed by atoms with Crippen LogP contribution in [0.15, 0.2) is 42.7 Å². The third kappa shape index (κ3) is 2.49. The van der Waals surface area contributed by atoms with Crippen molar-refractivity contribution in [2.75, 3.05) is 5.43 Å². The molecule has 0 bridgehead atoms. The number of rotatable bonds is 3. The number of anilines is 1. The van der Waals surface area contributed by atoms with Crippen molar-refractivity contribution < 1.29 is 4.74 Å². The summed E-state index contributed by atoms with van der Waals surface area (Å²) in [5, 5.41) is 2.53. The Bertz CT molecular complexity index is 807. The Labute approximate surface area is 126 Å². The third-order valence-electron chi connectivity index (χ3n) is 3.21. The monoisotopic (exact) mass is 300 g/mol. The maximum absolute atomic E-state index is 6.20. The predicted molar refractivity (Wildman–Crippen MR) is 83.6 cm³/mol. The smallest absolute Gasteiger partial charge is 0.227 e. The van der Waals surface area contributed by atoms with Crippen LogP contribution in [0.4, 0.5) is 5.82 Å². The van der Waals surface area contributed by atoms with Gasteiger partial charge in [-0.3, -0.25) is 0 Å². The van der Waals surface area contributed by atoms with E-state index in [-0.39, 0.29) is 0 Å². The Morgan fingerprint density at radius 2 is 1.86 bits per heavy atom. The van der Waals surface area contributed by atoms with Crippen LogP contribution < -0.4 is 16.0 Å². The fraction of sp³-hybridized carbons (Fsp3) is 0.0667.